The molecular formula is C14H21NO5. The fourth-order valence-electron chi connectivity index (χ4n) is 1.90. The summed E-state index contributed by atoms with van der Waals surface area (Å²) in [6.07, 6.45) is -0.844. The number of phenolic OH excluding ortho intramolecular Hbond substituents is 1. The van der Waals surface area contributed by atoms with Crippen molar-refractivity contribution in [3.8, 4) is 11.5 Å². The van der Waals surface area contributed by atoms with Gasteiger partial charge in [-0.15, -0.1) is 0 Å². The Morgan fingerprint density at radius 1 is 1.30 bits per heavy atom. The summed E-state index contributed by atoms with van der Waals surface area (Å²) in [5, 5.41) is 21.6. The summed E-state index contributed by atoms with van der Waals surface area (Å²) < 4.78 is 11.0. The van der Waals surface area contributed by atoms with Crippen LogP contribution >= 0.6 is 0 Å². The molecule has 1 saturated heterocycles. The van der Waals surface area contributed by atoms with Crippen LogP contribution in [0, 0.1) is 4.91 Å². The Balaban J connectivity index is 0.000000956. The maximum absolute atomic E-state index is 10.2. The summed E-state index contributed by atoms with van der Waals surface area (Å²) in [6, 6.07) is 6.21. The van der Waals surface area contributed by atoms with Gasteiger partial charge in [-0.2, -0.15) is 4.91 Å². The highest BCUT2D eigenvalue weighted by molar-refractivity contribution is 5.30. The lowest BCUT2D eigenvalue weighted by molar-refractivity contribution is -0.172. The van der Waals surface area contributed by atoms with Crippen LogP contribution in [-0.4, -0.2) is 35.3 Å². The number of phenols is 1. The number of nitroso groups, excluding NO2 is 1. The van der Waals surface area contributed by atoms with Gasteiger partial charge in [-0.25, -0.2) is 0 Å². The van der Waals surface area contributed by atoms with E-state index in [1.807, 2.05) is 13.8 Å². The molecule has 1 fully saturated rings. The molecule has 2 N–H and O–H groups in total. The molecule has 2 rings (SSSR count). The minimum absolute atomic E-state index is 0.00645. The van der Waals surface area contributed by atoms with Gasteiger partial charge in [0.05, 0.1) is 12.2 Å². The number of hydrogen-bond acceptors (Lipinski definition) is 6. The van der Waals surface area contributed by atoms with Crippen molar-refractivity contribution in [3.05, 3.63) is 29.2 Å². The third-order valence-electron chi connectivity index (χ3n) is 2.73. The topological polar surface area (TPSA) is 88.4 Å². The quantitative estimate of drug-likeness (QED) is 0.828. The Kier molecular flexibility index (Phi) is 6.97. The number of aliphatic hydroxyl groups is 1. The molecule has 0 spiro atoms. The second-order valence-corrected chi connectivity index (χ2v) is 4.24. The van der Waals surface area contributed by atoms with E-state index in [0.717, 1.165) is 0 Å². The second-order valence-electron chi connectivity index (χ2n) is 4.24. The number of nitrogens with zero attached hydrogens (tertiary/aromatic N) is 1. The standard InChI is InChI=1S/C12H15NO5.C2H6/c14-8-1-3-10(4-2-8)17-12-6-9(15)5-11(18-12)7-13-16;1-2/h1-4,9,11-12,14-15H,5-7H2;1-2H3. The van der Waals surface area contributed by atoms with Gasteiger partial charge < -0.3 is 19.7 Å². The number of hydrogen-bond donors (Lipinski definition) is 2. The highest BCUT2D eigenvalue weighted by Gasteiger charge is 2.29. The van der Waals surface area contributed by atoms with Crippen molar-refractivity contribution in [2.24, 2.45) is 5.18 Å². The SMILES string of the molecule is CC.O=NCC1CC(O)CC(Oc2ccc(O)cc2)O1. The van der Waals surface area contributed by atoms with Crippen molar-refractivity contribution < 1.29 is 19.7 Å². The van der Waals surface area contributed by atoms with Gasteiger partial charge in [-0.3, -0.25) is 0 Å². The van der Waals surface area contributed by atoms with E-state index < -0.39 is 18.5 Å². The van der Waals surface area contributed by atoms with Crippen LogP contribution in [-0.2, 0) is 4.74 Å². The van der Waals surface area contributed by atoms with Crippen molar-refractivity contribution in [1.29, 1.82) is 0 Å². The van der Waals surface area contributed by atoms with E-state index >= 15 is 0 Å². The first-order valence-corrected chi connectivity index (χ1v) is 6.75. The molecule has 1 aromatic rings. The fraction of sp³-hybridized carbons (Fsp3) is 0.571. The van der Waals surface area contributed by atoms with E-state index in [2.05, 4.69) is 5.18 Å². The summed E-state index contributed by atoms with van der Waals surface area (Å²) in [5.74, 6) is 0.680. The maximum Gasteiger partial charge on any atom is 0.202 e. The molecule has 20 heavy (non-hydrogen) atoms. The number of rotatable bonds is 4. The monoisotopic (exact) mass is 283 g/mol. The van der Waals surface area contributed by atoms with Gasteiger partial charge >= 0.3 is 0 Å². The third kappa shape index (κ3) is 5.14. The van der Waals surface area contributed by atoms with Gasteiger partial charge in [0, 0.05) is 12.8 Å². The fourth-order valence-corrected chi connectivity index (χ4v) is 1.90. The van der Waals surface area contributed by atoms with E-state index in [9.17, 15) is 10.0 Å². The van der Waals surface area contributed by atoms with E-state index in [-0.39, 0.29) is 12.3 Å². The molecule has 1 aliphatic rings. The smallest absolute Gasteiger partial charge is 0.202 e. The van der Waals surface area contributed by atoms with Crippen LogP contribution in [0.5, 0.6) is 11.5 Å². The van der Waals surface area contributed by atoms with Gasteiger partial charge in [-0.05, 0) is 24.3 Å². The zero-order valence-corrected chi connectivity index (χ0v) is 11.7. The first kappa shape index (κ1) is 16.4. The molecule has 0 radical (unpaired) electrons. The number of aromatic hydroxyl groups is 1. The van der Waals surface area contributed by atoms with Crippen LogP contribution in [0.4, 0.5) is 0 Å². The first-order chi connectivity index (χ1) is 9.67. The Bertz CT molecular complexity index is 395. The van der Waals surface area contributed by atoms with Gasteiger partial charge in [0.2, 0.25) is 6.29 Å². The summed E-state index contributed by atoms with van der Waals surface area (Å²) in [7, 11) is 0. The Morgan fingerprint density at radius 3 is 2.55 bits per heavy atom. The molecular weight excluding hydrogens is 262 g/mol. The number of benzene rings is 1. The van der Waals surface area contributed by atoms with Crippen molar-refractivity contribution in [3.63, 3.8) is 0 Å². The zero-order chi connectivity index (χ0) is 15.0. The minimum Gasteiger partial charge on any atom is -0.508 e. The van der Waals surface area contributed by atoms with Crippen molar-refractivity contribution in [1.82, 2.24) is 0 Å². The number of aliphatic hydroxyl groups excluding tert-OH is 1. The molecule has 0 aliphatic carbocycles. The normalized spacial score (nSPS) is 25.2. The van der Waals surface area contributed by atoms with Gasteiger partial charge in [0.1, 0.15) is 18.0 Å². The van der Waals surface area contributed by atoms with E-state index in [0.29, 0.717) is 18.6 Å². The lowest BCUT2D eigenvalue weighted by atomic mass is 10.1. The van der Waals surface area contributed by atoms with Crippen LogP contribution < -0.4 is 4.74 Å². The molecule has 3 atom stereocenters. The highest BCUT2D eigenvalue weighted by atomic mass is 16.7. The average molecular weight is 283 g/mol. The average Bonchev–Trinajstić information content (AvgIpc) is 2.43. The van der Waals surface area contributed by atoms with Crippen LogP contribution in [0.3, 0.4) is 0 Å². The lowest BCUT2D eigenvalue weighted by Crippen LogP contribution is -2.40. The zero-order valence-electron chi connectivity index (χ0n) is 11.7. The Labute approximate surface area is 118 Å². The van der Waals surface area contributed by atoms with Gasteiger partial charge in [0.15, 0.2) is 0 Å². The molecule has 3 unspecified atom stereocenters. The summed E-state index contributed by atoms with van der Waals surface area (Å²) in [4.78, 5) is 10.2. The molecule has 6 nitrogen and oxygen atoms in total. The molecule has 1 aromatic carbocycles. The molecule has 6 heteroatoms. The maximum atomic E-state index is 10.2. The summed E-state index contributed by atoms with van der Waals surface area (Å²) in [5.41, 5.74) is 0. The highest BCUT2D eigenvalue weighted by Crippen LogP contribution is 2.24. The minimum atomic E-state index is -0.606. The van der Waals surface area contributed by atoms with E-state index in [1.54, 1.807) is 12.1 Å². The lowest BCUT2D eigenvalue weighted by Gasteiger charge is -2.31. The molecule has 0 aromatic heterocycles. The van der Waals surface area contributed by atoms with Crippen molar-refractivity contribution in [2.75, 3.05) is 6.54 Å². The van der Waals surface area contributed by atoms with Gasteiger partial charge in [-0.1, -0.05) is 19.0 Å². The van der Waals surface area contributed by atoms with Crippen LogP contribution in [0.2, 0.25) is 0 Å². The number of ether oxygens (including phenoxy) is 2. The molecule has 0 amide bonds. The van der Waals surface area contributed by atoms with Crippen LogP contribution in [0.15, 0.2) is 29.4 Å². The molecule has 1 heterocycles. The first-order valence-electron chi connectivity index (χ1n) is 6.75. The molecule has 0 bridgehead atoms. The largest absolute Gasteiger partial charge is 0.508 e. The summed E-state index contributed by atoms with van der Waals surface area (Å²) in [6.45, 7) is 4.01. The molecule has 112 valence electrons. The van der Waals surface area contributed by atoms with Crippen molar-refractivity contribution >= 4 is 0 Å². The van der Waals surface area contributed by atoms with Crippen LogP contribution in [0.25, 0.3) is 0 Å². The third-order valence-corrected chi connectivity index (χ3v) is 2.73. The van der Waals surface area contributed by atoms with E-state index in [4.69, 9.17) is 14.6 Å². The molecule has 1 aliphatic heterocycles. The Morgan fingerprint density at radius 2 is 1.95 bits per heavy atom. The Hall–Kier alpha value is -1.66. The predicted molar refractivity (Wildman–Crippen MR) is 74.6 cm³/mol. The predicted octanol–water partition coefficient (Wildman–Crippen LogP) is 2.43. The summed E-state index contributed by atoms with van der Waals surface area (Å²) >= 11 is 0. The van der Waals surface area contributed by atoms with Crippen molar-refractivity contribution in [2.45, 2.75) is 45.2 Å². The second kappa shape index (κ2) is 8.50. The molecule has 0 saturated carbocycles. The van der Waals surface area contributed by atoms with E-state index in [1.165, 1.54) is 12.1 Å². The van der Waals surface area contributed by atoms with Gasteiger partial charge in [0.25, 0.3) is 0 Å². The van der Waals surface area contributed by atoms with Crippen LogP contribution in [0.1, 0.15) is 26.7 Å².